The fourth-order valence-corrected chi connectivity index (χ4v) is 9.06. The average molecular weight is 1120 g/mol. The zero-order chi connectivity index (χ0) is 57.1. The molecule has 0 spiro atoms. The van der Waals surface area contributed by atoms with E-state index in [9.17, 15) is 45.5 Å². The molecule has 4 aromatic rings. The van der Waals surface area contributed by atoms with Crippen molar-refractivity contribution in [3.63, 3.8) is 0 Å². The van der Waals surface area contributed by atoms with Gasteiger partial charge in [0.1, 0.15) is 23.7 Å². The minimum Gasteiger partial charge on any atom is -0.497 e. The zero-order valence-corrected chi connectivity index (χ0v) is 44.7. The fourth-order valence-electron chi connectivity index (χ4n) is 9.06. The maximum Gasteiger partial charge on any atom is 0.416 e. The Bertz CT molecular complexity index is 2580. The van der Waals surface area contributed by atoms with E-state index in [1.165, 1.54) is 19.2 Å². The van der Waals surface area contributed by atoms with Crippen LogP contribution in [0.2, 0.25) is 0 Å². The van der Waals surface area contributed by atoms with Crippen LogP contribution in [0, 0.1) is 11.8 Å². The molecule has 2 fully saturated rings. The molecule has 6 rings (SSSR count). The molecule has 23 heteroatoms. The average Bonchev–Trinajstić information content (AvgIpc) is 3.47. The van der Waals surface area contributed by atoms with E-state index < -0.39 is 90.1 Å². The van der Waals surface area contributed by atoms with Gasteiger partial charge in [-0.05, 0) is 96.5 Å². The van der Waals surface area contributed by atoms with Crippen LogP contribution in [-0.4, -0.2) is 107 Å². The molecule has 4 unspecified atom stereocenters. The number of halogens is 6. The smallest absolute Gasteiger partial charge is 0.416 e. The molecule has 17 nitrogen and oxygen atoms in total. The summed E-state index contributed by atoms with van der Waals surface area (Å²) in [6.45, 7) is 5.69. The summed E-state index contributed by atoms with van der Waals surface area (Å²) in [5.74, 6) is -0.295. The van der Waals surface area contributed by atoms with Crippen molar-refractivity contribution < 1.29 is 78.7 Å². The minimum absolute atomic E-state index is 0.00648. The second-order valence-corrected chi connectivity index (χ2v) is 19.5. The van der Waals surface area contributed by atoms with Crippen molar-refractivity contribution in [1.82, 2.24) is 21.3 Å². The van der Waals surface area contributed by atoms with Crippen LogP contribution in [0.1, 0.15) is 81.5 Å². The third-order valence-corrected chi connectivity index (χ3v) is 13.7. The summed E-state index contributed by atoms with van der Waals surface area (Å²) in [7, 11) is 3.08. The predicted molar refractivity (Wildman–Crippen MR) is 280 cm³/mol. The van der Waals surface area contributed by atoms with Crippen molar-refractivity contribution in [2.24, 2.45) is 11.8 Å². The largest absolute Gasteiger partial charge is 0.497 e. The number of benzene rings is 4. The summed E-state index contributed by atoms with van der Waals surface area (Å²) in [6, 6.07) is 17.0. The third-order valence-electron chi connectivity index (χ3n) is 13.7. The second kappa shape index (κ2) is 29.5. The molecular formula is C56H70F6N6O11. The number of unbranched alkanes of at least 4 members (excludes halogenated alkanes) is 2. The first kappa shape index (κ1) is 61.6. The normalized spacial score (nSPS) is 22.2. The van der Waals surface area contributed by atoms with E-state index in [-0.39, 0.29) is 75.6 Å². The Balaban J connectivity index is 1.33. The first-order valence-electron chi connectivity index (χ1n) is 26.1. The molecule has 6 amide bonds. The Kier molecular flexibility index (Phi) is 23.0. The Hall–Kier alpha value is -6.66. The Morgan fingerprint density at radius 2 is 1.15 bits per heavy atom. The lowest BCUT2D eigenvalue weighted by molar-refractivity contribution is -0.277. The van der Waals surface area contributed by atoms with Crippen molar-refractivity contribution in [2.75, 3.05) is 51.2 Å². The number of carbonyl (C=O) groups is 4. The van der Waals surface area contributed by atoms with Gasteiger partial charge < -0.3 is 65.1 Å². The molecule has 2 aliphatic heterocycles. The molecule has 0 radical (unpaired) electrons. The van der Waals surface area contributed by atoms with Gasteiger partial charge in [-0.15, -0.1) is 0 Å². The molecule has 0 aliphatic carbocycles. The number of alkyl halides is 6. The molecule has 2 saturated heterocycles. The summed E-state index contributed by atoms with van der Waals surface area (Å²) in [5, 5.41) is 16.3. The molecule has 432 valence electrons. The van der Waals surface area contributed by atoms with Crippen LogP contribution in [-0.2, 0) is 58.8 Å². The van der Waals surface area contributed by atoms with E-state index in [1.54, 1.807) is 43.5 Å². The van der Waals surface area contributed by atoms with E-state index >= 15 is 0 Å². The lowest BCUT2D eigenvalue weighted by Gasteiger charge is -2.49. The highest BCUT2D eigenvalue weighted by molar-refractivity contribution is 5.90. The van der Waals surface area contributed by atoms with E-state index in [0.717, 1.165) is 66.8 Å². The van der Waals surface area contributed by atoms with Gasteiger partial charge in [0.15, 0.2) is 6.29 Å². The van der Waals surface area contributed by atoms with Crippen molar-refractivity contribution in [1.29, 1.82) is 0 Å². The van der Waals surface area contributed by atoms with Gasteiger partial charge in [0.2, 0.25) is 11.8 Å². The molecular weight excluding hydrogens is 1050 g/mol. The van der Waals surface area contributed by atoms with Crippen LogP contribution in [0.25, 0.3) is 0 Å². The number of hydrogen-bond donors (Lipinski definition) is 6. The fraction of sp³-hybridized carbons (Fsp3) is 0.500. The molecule has 2 aliphatic rings. The number of urea groups is 2. The number of nitrogens with one attached hydrogen (secondary N) is 6. The van der Waals surface area contributed by atoms with Crippen molar-refractivity contribution in [3.8, 4) is 11.5 Å². The summed E-state index contributed by atoms with van der Waals surface area (Å²) in [4.78, 5) is 54.4. The maximum atomic E-state index is 14.1. The van der Waals surface area contributed by atoms with E-state index in [1.807, 2.05) is 32.9 Å². The number of ether oxygens (including phenoxy) is 7. The van der Waals surface area contributed by atoms with Gasteiger partial charge in [-0.2, -0.15) is 26.3 Å². The first-order valence-corrected chi connectivity index (χ1v) is 26.1. The van der Waals surface area contributed by atoms with Crippen LogP contribution in [0.3, 0.4) is 0 Å². The number of anilines is 2. The summed E-state index contributed by atoms with van der Waals surface area (Å²) in [6.07, 6.45) is -10.9. The standard InChI is InChI=1S/C56H70F6N6O11/c1-6-7-8-16-47(69)63-26-11-17-48(70)67-50-46(33-76-30-37-20-24-43(74-5)25-21-37)77-31-44(66-53(71)64-40-14-9-12-38(27-40)55(57,58)59)51(50)79-52-49(68-54(72)65-41-15-10-13-39(28-41)56(60,61)62)35(3)34(2)45(78-52)32-75-29-36-18-22-42(73-4)23-19-36/h9-10,12-15,18-25,27-28,34-35,44-46,49-52H,6-8,11,16-17,26,29-33H2,1-5H3,(H,63,69)(H,67,70)(H2,64,66,71)(H2,65,68,72)/t34-,35-,44?,45?,46?,49?,50-,51+,52-/m0/s1. The van der Waals surface area contributed by atoms with E-state index in [2.05, 4.69) is 31.9 Å². The monoisotopic (exact) mass is 1120 g/mol. The van der Waals surface area contributed by atoms with Crippen molar-refractivity contribution in [3.05, 3.63) is 119 Å². The van der Waals surface area contributed by atoms with Crippen molar-refractivity contribution >= 4 is 35.3 Å². The van der Waals surface area contributed by atoms with Crippen LogP contribution in [0.5, 0.6) is 11.5 Å². The van der Waals surface area contributed by atoms with Gasteiger partial charge in [0, 0.05) is 30.8 Å². The van der Waals surface area contributed by atoms with Crippen molar-refractivity contribution in [2.45, 2.75) is 128 Å². The highest BCUT2D eigenvalue weighted by atomic mass is 19.4. The Morgan fingerprint density at radius 3 is 1.68 bits per heavy atom. The lowest BCUT2D eigenvalue weighted by atomic mass is 9.82. The Morgan fingerprint density at radius 1 is 0.620 bits per heavy atom. The molecule has 9 atom stereocenters. The quantitative estimate of drug-likeness (QED) is 0.0272. The van der Waals surface area contributed by atoms with E-state index in [0.29, 0.717) is 17.9 Å². The summed E-state index contributed by atoms with van der Waals surface area (Å²) in [5.41, 5.74) is -0.776. The Labute approximate surface area is 455 Å². The summed E-state index contributed by atoms with van der Waals surface area (Å²) < 4.78 is 125. The molecule has 79 heavy (non-hydrogen) atoms. The molecule has 4 aromatic carbocycles. The molecule has 0 saturated carbocycles. The van der Waals surface area contributed by atoms with Crippen LogP contribution in [0.4, 0.5) is 47.3 Å². The molecule has 6 N–H and O–H groups in total. The number of hydrogen-bond acceptors (Lipinski definition) is 11. The predicted octanol–water partition coefficient (Wildman–Crippen LogP) is 9.60. The van der Waals surface area contributed by atoms with Gasteiger partial charge in [-0.25, -0.2) is 9.59 Å². The first-order chi connectivity index (χ1) is 37.7. The summed E-state index contributed by atoms with van der Waals surface area (Å²) >= 11 is 0. The maximum absolute atomic E-state index is 14.1. The molecule has 0 aromatic heterocycles. The topological polar surface area (TPSA) is 205 Å². The van der Waals surface area contributed by atoms with Gasteiger partial charge in [-0.3, -0.25) is 9.59 Å². The van der Waals surface area contributed by atoms with Gasteiger partial charge in [-0.1, -0.05) is 70.0 Å². The number of amides is 6. The number of methoxy groups -OCH3 is 2. The number of rotatable bonds is 25. The molecule has 2 heterocycles. The third kappa shape index (κ3) is 19.0. The molecule has 0 bridgehead atoms. The zero-order valence-electron chi connectivity index (χ0n) is 44.7. The van der Waals surface area contributed by atoms with E-state index in [4.69, 9.17) is 33.2 Å². The minimum atomic E-state index is -4.72. The van der Waals surface area contributed by atoms with Gasteiger partial charge in [0.05, 0.1) is 82.6 Å². The van der Waals surface area contributed by atoms with Gasteiger partial charge in [0.25, 0.3) is 0 Å². The van der Waals surface area contributed by atoms with Crippen LogP contribution in [0.15, 0.2) is 97.1 Å². The van der Waals surface area contributed by atoms with Gasteiger partial charge >= 0.3 is 24.4 Å². The lowest BCUT2D eigenvalue weighted by Crippen LogP contribution is -2.69. The second-order valence-electron chi connectivity index (χ2n) is 19.5. The SMILES string of the molecule is CCCCCC(=O)NCCCC(=O)N[C@H]1C(COCc2ccc(OC)cc2)OCC(NC(=O)Nc2cccc(C(F)(F)F)c2)[C@H]1O[C@@H]1OC(COCc2ccc(OC)cc2)[C@@H](C)[C@H](C)C1NC(=O)Nc1cccc(C(F)(F)F)c1. The number of carbonyl (C=O) groups excluding carboxylic acids is 4. The van der Waals surface area contributed by atoms with Crippen LogP contribution >= 0.6 is 0 Å². The highest BCUT2D eigenvalue weighted by Gasteiger charge is 2.49. The highest BCUT2D eigenvalue weighted by Crippen LogP contribution is 2.36. The van der Waals surface area contributed by atoms with Crippen LogP contribution < -0.4 is 41.4 Å².